The molecule has 196 valence electrons. The maximum atomic E-state index is 13.8. The van der Waals surface area contributed by atoms with Crippen molar-refractivity contribution in [3.63, 3.8) is 0 Å². The van der Waals surface area contributed by atoms with Gasteiger partial charge in [0.15, 0.2) is 0 Å². The molecule has 0 spiro atoms. The number of fused-ring (bicyclic) bond motifs is 1. The number of rotatable bonds is 8. The molecule has 2 heterocycles. The van der Waals surface area contributed by atoms with Gasteiger partial charge >= 0.3 is 0 Å². The molecule has 3 aromatic rings. The van der Waals surface area contributed by atoms with Gasteiger partial charge in [-0.3, -0.25) is 29.4 Å². The van der Waals surface area contributed by atoms with Gasteiger partial charge in [0.25, 0.3) is 17.5 Å². The summed E-state index contributed by atoms with van der Waals surface area (Å²) >= 11 is 0. The lowest BCUT2D eigenvalue weighted by molar-refractivity contribution is -0.398. The molecule has 2 aromatic carbocycles. The van der Waals surface area contributed by atoms with E-state index in [2.05, 4.69) is 5.32 Å². The smallest absolute Gasteiger partial charge is 0.262 e. The van der Waals surface area contributed by atoms with E-state index >= 15 is 0 Å². The standard InChI is InChI=1S/C28H27N3O7/c32-25-12-11-17(14-23(25)31(36)37)15-24(30-27(34)20-8-2-3-9-21(20)28(30)35)26(33)29-22-10-4-1-6-18(22)16-19-7-5-13-38-19/h2-3,5,7-9,11-14,18,22,24,32H,1,4,6,10,15-16H2,(H,29,33)/p-1/t18-,22+,24-/m0/s1. The minimum Gasteiger partial charge on any atom is -0.868 e. The lowest BCUT2D eigenvalue weighted by Gasteiger charge is -2.34. The quantitative estimate of drug-likeness (QED) is 0.274. The van der Waals surface area contributed by atoms with Crippen molar-refractivity contribution in [3.8, 4) is 5.75 Å². The molecule has 3 atom stereocenters. The summed E-state index contributed by atoms with van der Waals surface area (Å²) in [4.78, 5) is 51.9. The second-order valence-corrected chi connectivity index (χ2v) is 9.75. The van der Waals surface area contributed by atoms with Gasteiger partial charge in [-0.05, 0) is 54.3 Å². The topological polar surface area (TPSA) is 146 Å². The second kappa shape index (κ2) is 10.5. The fraction of sp³-hybridized carbons (Fsp3) is 0.321. The minimum absolute atomic E-state index is 0.113. The van der Waals surface area contributed by atoms with E-state index in [1.54, 1.807) is 18.4 Å². The molecular formula is C28H26N3O7-. The minimum atomic E-state index is -1.26. The molecule has 1 aromatic heterocycles. The van der Waals surface area contributed by atoms with Crippen molar-refractivity contribution < 1.29 is 28.8 Å². The molecule has 0 radical (unpaired) electrons. The molecule has 10 nitrogen and oxygen atoms in total. The maximum absolute atomic E-state index is 13.8. The number of nitrogens with zero attached hydrogens (tertiary/aromatic N) is 2. The van der Waals surface area contributed by atoms with E-state index in [4.69, 9.17) is 4.42 Å². The molecule has 0 unspecified atom stereocenters. The zero-order valence-electron chi connectivity index (χ0n) is 20.5. The SMILES string of the molecule is O=C(N[C@@H]1CCCC[C@H]1Cc1ccco1)[C@H](Cc1ccc([O-])c([N+](=O)[O-])c1)N1C(=O)c2ccccc2C1=O. The van der Waals surface area contributed by atoms with Crippen LogP contribution in [-0.2, 0) is 17.6 Å². The Kier molecular flexibility index (Phi) is 6.95. The van der Waals surface area contributed by atoms with Crippen LogP contribution >= 0.6 is 0 Å². The highest BCUT2D eigenvalue weighted by molar-refractivity contribution is 6.22. The molecule has 10 heteroatoms. The normalized spacial score (nSPS) is 19.7. The highest BCUT2D eigenvalue weighted by atomic mass is 16.6. The largest absolute Gasteiger partial charge is 0.868 e. The van der Waals surface area contributed by atoms with Gasteiger partial charge in [0.2, 0.25) is 5.91 Å². The number of amides is 3. The van der Waals surface area contributed by atoms with Crippen LogP contribution in [0.25, 0.3) is 0 Å². The number of hydrogen-bond donors (Lipinski definition) is 1. The van der Waals surface area contributed by atoms with Gasteiger partial charge < -0.3 is 14.8 Å². The molecule has 1 aliphatic carbocycles. The van der Waals surface area contributed by atoms with Gasteiger partial charge in [-0.2, -0.15) is 0 Å². The Labute approximate surface area is 218 Å². The van der Waals surface area contributed by atoms with Crippen LogP contribution in [0.5, 0.6) is 5.75 Å². The molecule has 3 amide bonds. The van der Waals surface area contributed by atoms with Crippen LogP contribution < -0.4 is 10.4 Å². The predicted octanol–water partition coefficient (Wildman–Crippen LogP) is 3.39. The van der Waals surface area contributed by atoms with E-state index in [1.807, 2.05) is 12.1 Å². The van der Waals surface area contributed by atoms with Gasteiger partial charge in [-0.25, -0.2) is 0 Å². The third kappa shape index (κ3) is 4.89. The van der Waals surface area contributed by atoms with E-state index in [9.17, 15) is 29.6 Å². The number of furan rings is 1. The van der Waals surface area contributed by atoms with E-state index in [0.717, 1.165) is 48.5 Å². The Balaban J connectivity index is 1.45. The number of hydrogen-bond acceptors (Lipinski definition) is 7. The maximum Gasteiger partial charge on any atom is 0.262 e. The Morgan fingerprint density at radius 3 is 2.42 bits per heavy atom. The van der Waals surface area contributed by atoms with Gasteiger partial charge in [0, 0.05) is 24.9 Å². The summed E-state index contributed by atoms with van der Waals surface area (Å²) in [6.07, 6.45) is 5.65. The lowest BCUT2D eigenvalue weighted by Crippen LogP contribution is -2.54. The summed E-state index contributed by atoms with van der Waals surface area (Å²) in [6.45, 7) is 0. The van der Waals surface area contributed by atoms with Gasteiger partial charge in [0.1, 0.15) is 11.8 Å². The Bertz CT molecular complexity index is 1350. The van der Waals surface area contributed by atoms with E-state index in [1.165, 1.54) is 18.2 Å². The van der Waals surface area contributed by atoms with E-state index in [-0.39, 0.29) is 29.5 Å². The Hall–Kier alpha value is -4.47. The van der Waals surface area contributed by atoms with Crippen molar-refractivity contribution in [2.75, 3.05) is 0 Å². The van der Waals surface area contributed by atoms with Crippen LogP contribution in [0.4, 0.5) is 5.69 Å². The predicted molar refractivity (Wildman–Crippen MR) is 133 cm³/mol. The summed E-state index contributed by atoms with van der Waals surface area (Å²) in [5, 5.41) is 26.3. The van der Waals surface area contributed by atoms with Crippen molar-refractivity contribution >= 4 is 23.4 Å². The Morgan fingerprint density at radius 1 is 1.05 bits per heavy atom. The highest BCUT2D eigenvalue weighted by Crippen LogP contribution is 2.31. The lowest BCUT2D eigenvalue weighted by atomic mass is 9.81. The monoisotopic (exact) mass is 516 g/mol. The van der Waals surface area contributed by atoms with Crippen molar-refractivity contribution in [2.45, 2.75) is 50.6 Å². The first-order valence-electron chi connectivity index (χ1n) is 12.6. The molecule has 1 aliphatic heterocycles. The van der Waals surface area contributed by atoms with Crippen LogP contribution in [0.2, 0.25) is 0 Å². The number of benzene rings is 2. The van der Waals surface area contributed by atoms with Crippen LogP contribution in [0.3, 0.4) is 0 Å². The molecule has 5 rings (SSSR count). The first-order valence-corrected chi connectivity index (χ1v) is 12.6. The summed E-state index contributed by atoms with van der Waals surface area (Å²) in [5.41, 5.74) is 0.0627. The summed E-state index contributed by atoms with van der Waals surface area (Å²) < 4.78 is 5.51. The second-order valence-electron chi connectivity index (χ2n) is 9.75. The molecule has 1 N–H and O–H groups in total. The summed E-state index contributed by atoms with van der Waals surface area (Å²) in [6, 6.07) is 12.1. The van der Waals surface area contributed by atoms with Crippen molar-refractivity contribution in [1.82, 2.24) is 10.2 Å². The number of nitro benzene ring substituents is 1. The number of nitro groups is 1. The molecular weight excluding hydrogens is 490 g/mol. The van der Waals surface area contributed by atoms with Crippen LogP contribution in [0.15, 0.2) is 65.3 Å². The van der Waals surface area contributed by atoms with E-state index < -0.39 is 40.1 Å². The highest BCUT2D eigenvalue weighted by Gasteiger charge is 2.43. The third-order valence-corrected chi connectivity index (χ3v) is 7.37. The Morgan fingerprint density at radius 2 is 1.76 bits per heavy atom. The van der Waals surface area contributed by atoms with Gasteiger partial charge in [0.05, 0.1) is 22.3 Å². The average Bonchev–Trinajstić information content (AvgIpc) is 3.51. The fourth-order valence-electron chi connectivity index (χ4n) is 5.46. The average molecular weight is 517 g/mol. The zero-order chi connectivity index (χ0) is 26.8. The molecule has 1 saturated carbocycles. The van der Waals surface area contributed by atoms with Gasteiger partial charge in [-0.1, -0.05) is 37.1 Å². The summed E-state index contributed by atoms with van der Waals surface area (Å²) in [7, 11) is 0. The van der Waals surface area contributed by atoms with E-state index in [0.29, 0.717) is 12.0 Å². The first kappa shape index (κ1) is 25.2. The number of nitrogens with one attached hydrogen (secondary N) is 1. The van der Waals surface area contributed by atoms with Crippen LogP contribution in [0.1, 0.15) is 57.7 Å². The number of imide groups is 1. The van der Waals surface area contributed by atoms with Crippen molar-refractivity contribution in [3.05, 3.63) is 93.4 Å². The third-order valence-electron chi connectivity index (χ3n) is 7.37. The fourth-order valence-corrected chi connectivity index (χ4v) is 5.46. The first-order chi connectivity index (χ1) is 18.3. The van der Waals surface area contributed by atoms with Crippen molar-refractivity contribution in [1.29, 1.82) is 0 Å². The molecule has 2 aliphatic rings. The molecule has 1 fully saturated rings. The van der Waals surface area contributed by atoms with Crippen LogP contribution in [-0.4, -0.2) is 39.6 Å². The van der Waals surface area contributed by atoms with Crippen molar-refractivity contribution in [2.24, 2.45) is 5.92 Å². The molecule has 38 heavy (non-hydrogen) atoms. The summed E-state index contributed by atoms with van der Waals surface area (Å²) in [5.74, 6) is -1.55. The molecule has 0 bridgehead atoms. The molecule has 0 saturated heterocycles. The number of carbonyl (C=O) groups excluding carboxylic acids is 3. The number of carbonyl (C=O) groups is 3. The van der Waals surface area contributed by atoms with Crippen LogP contribution in [0, 0.1) is 16.0 Å². The van der Waals surface area contributed by atoms with Gasteiger partial charge in [-0.15, -0.1) is 0 Å². The zero-order valence-corrected chi connectivity index (χ0v) is 20.5.